The van der Waals surface area contributed by atoms with E-state index in [1.54, 1.807) is 0 Å². The molecule has 1 aliphatic heterocycles. The fourth-order valence-electron chi connectivity index (χ4n) is 3.40. The van der Waals surface area contributed by atoms with Gasteiger partial charge in [0.1, 0.15) is 0 Å². The van der Waals surface area contributed by atoms with E-state index in [0.717, 1.165) is 45.1 Å². The maximum atomic E-state index is 12.3. The molecule has 0 aromatic heterocycles. The molecule has 2 aliphatic rings. The first kappa shape index (κ1) is 14.8. The van der Waals surface area contributed by atoms with E-state index in [4.69, 9.17) is 0 Å². The third-order valence-corrected chi connectivity index (χ3v) is 4.77. The normalized spacial score (nSPS) is 29.7. The predicted molar refractivity (Wildman–Crippen MR) is 75.9 cm³/mol. The summed E-state index contributed by atoms with van der Waals surface area (Å²) in [7, 11) is 0. The highest BCUT2D eigenvalue weighted by molar-refractivity contribution is 5.82. The van der Waals surface area contributed by atoms with Crippen molar-refractivity contribution < 1.29 is 9.90 Å². The van der Waals surface area contributed by atoms with Gasteiger partial charge in [0.15, 0.2) is 0 Å². The zero-order valence-electron chi connectivity index (χ0n) is 12.3. The van der Waals surface area contributed by atoms with Crippen molar-refractivity contribution in [1.82, 2.24) is 10.6 Å². The molecule has 1 unspecified atom stereocenters. The lowest BCUT2D eigenvalue weighted by molar-refractivity contribution is -0.128. The van der Waals surface area contributed by atoms with E-state index in [2.05, 4.69) is 24.5 Å². The van der Waals surface area contributed by atoms with Gasteiger partial charge in [0.2, 0.25) is 5.91 Å². The molecule has 1 amide bonds. The Balaban J connectivity index is 1.86. The second-order valence-corrected chi connectivity index (χ2v) is 6.98. The minimum Gasteiger partial charge on any atom is -0.388 e. The number of rotatable bonds is 3. The van der Waals surface area contributed by atoms with Crippen LogP contribution in [-0.2, 0) is 4.79 Å². The number of amides is 1. The van der Waals surface area contributed by atoms with Gasteiger partial charge in [-0.25, -0.2) is 0 Å². The van der Waals surface area contributed by atoms with Crippen LogP contribution in [-0.4, -0.2) is 35.7 Å². The van der Waals surface area contributed by atoms with Crippen LogP contribution < -0.4 is 10.6 Å². The number of piperidine rings is 1. The van der Waals surface area contributed by atoms with Crippen LogP contribution >= 0.6 is 0 Å². The van der Waals surface area contributed by atoms with Gasteiger partial charge in [-0.05, 0) is 37.6 Å². The van der Waals surface area contributed by atoms with E-state index in [9.17, 15) is 9.90 Å². The van der Waals surface area contributed by atoms with Crippen LogP contribution in [0.2, 0.25) is 0 Å². The lowest BCUT2D eigenvalue weighted by Crippen LogP contribution is -2.57. The molecular weight excluding hydrogens is 240 g/mol. The summed E-state index contributed by atoms with van der Waals surface area (Å²) < 4.78 is 0. The minimum absolute atomic E-state index is 0.00246. The van der Waals surface area contributed by atoms with E-state index in [1.165, 1.54) is 6.42 Å². The van der Waals surface area contributed by atoms with Crippen molar-refractivity contribution in [2.75, 3.05) is 13.1 Å². The summed E-state index contributed by atoms with van der Waals surface area (Å²) in [5, 5.41) is 16.7. The van der Waals surface area contributed by atoms with Gasteiger partial charge in [-0.2, -0.15) is 0 Å². The highest BCUT2D eigenvalue weighted by Gasteiger charge is 2.38. The first-order valence-corrected chi connectivity index (χ1v) is 7.67. The van der Waals surface area contributed by atoms with E-state index in [1.807, 2.05) is 0 Å². The summed E-state index contributed by atoms with van der Waals surface area (Å²) >= 11 is 0. The summed E-state index contributed by atoms with van der Waals surface area (Å²) in [5.74, 6) is 0.0451. The van der Waals surface area contributed by atoms with E-state index in [-0.39, 0.29) is 17.4 Å². The topological polar surface area (TPSA) is 61.4 Å². The Morgan fingerprint density at radius 2 is 1.89 bits per heavy atom. The molecule has 4 nitrogen and oxygen atoms in total. The molecule has 0 aromatic carbocycles. The van der Waals surface area contributed by atoms with E-state index < -0.39 is 5.60 Å². The minimum atomic E-state index is -0.674. The molecule has 2 fully saturated rings. The van der Waals surface area contributed by atoms with Gasteiger partial charge in [0.05, 0.1) is 11.6 Å². The summed E-state index contributed by atoms with van der Waals surface area (Å²) in [4.78, 5) is 12.3. The van der Waals surface area contributed by atoms with Gasteiger partial charge in [-0.15, -0.1) is 0 Å². The van der Waals surface area contributed by atoms with Gasteiger partial charge in [-0.3, -0.25) is 4.79 Å². The number of carbonyl (C=O) groups is 1. The van der Waals surface area contributed by atoms with Gasteiger partial charge in [0, 0.05) is 6.54 Å². The zero-order valence-corrected chi connectivity index (χ0v) is 12.3. The number of hydrogen-bond donors (Lipinski definition) is 3. The fraction of sp³-hybridized carbons (Fsp3) is 0.933. The quantitative estimate of drug-likeness (QED) is 0.728. The summed E-state index contributed by atoms with van der Waals surface area (Å²) in [6, 6.07) is -0.131. The molecule has 19 heavy (non-hydrogen) atoms. The molecule has 0 radical (unpaired) electrons. The molecule has 110 valence electrons. The van der Waals surface area contributed by atoms with Crippen molar-refractivity contribution >= 4 is 5.91 Å². The standard InChI is InChI=1S/C15H28N2O2/c1-14(2)7-6-10-16-12(14)13(18)17-11-15(19)8-4-3-5-9-15/h12,16,19H,3-11H2,1-2H3,(H,17,18). The molecule has 1 saturated carbocycles. The molecule has 1 atom stereocenters. The Morgan fingerprint density at radius 3 is 2.53 bits per heavy atom. The number of carbonyl (C=O) groups excluding carboxylic acids is 1. The number of nitrogens with one attached hydrogen (secondary N) is 2. The Morgan fingerprint density at radius 1 is 1.21 bits per heavy atom. The Labute approximate surface area is 116 Å². The van der Waals surface area contributed by atoms with Crippen molar-refractivity contribution in [3.05, 3.63) is 0 Å². The van der Waals surface area contributed by atoms with Crippen LogP contribution in [0.5, 0.6) is 0 Å². The summed E-state index contributed by atoms with van der Waals surface area (Å²) in [6.45, 7) is 5.59. The third kappa shape index (κ3) is 3.69. The zero-order chi connectivity index (χ0) is 13.9. The van der Waals surface area contributed by atoms with E-state index in [0.29, 0.717) is 6.54 Å². The van der Waals surface area contributed by atoms with E-state index >= 15 is 0 Å². The number of hydrogen-bond acceptors (Lipinski definition) is 3. The molecule has 0 aromatic rings. The van der Waals surface area contributed by atoms with Gasteiger partial charge < -0.3 is 15.7 Å². The molecule has 2 rings (SSSR count). The monoisotopic (exact) mass is 268 g/mol. The van der Waals surface area contributed by atoms with Crippen LogP contribution in [0, 0.1) is 5.41 Å². The van der Waals surface area contributed by atoms with Crippen molar-refractivity contribution in [3.8, 4) is 0 Å². The highest BCUT2D eigenvalue weighted by atomic mass is 16.3. The maximum Gasteiger partial charge on any atom is 0.237 e. The molecule has 1 heterocycles. The average Bonchev–Trinajstić information content (AvgIpc) is 2.36. The largest absolute Gasteiger partial charge is 0.388 e. The Bertz CT molecular complexity index is 322. The molecule has 0 spiro atoms. The summed E-state index contributed by atoms with van der Waals surface area (Å²) in [5.41, 5.74) is -0.676. The first-order chi connectivity index (χ1) is 8.93. The third-order valence-electron chi connectivity index (χ3n) is 4.77. The van der Waals surface area contributed by atoms with Crippen molar-refractivity contribution in [1.29, 1.82) is 0 Å². The average molecular weight is 268 g/mol. The summed E-state index contributed by atoms with van der Waals surface area (Å²) in [6.07, 6.45) is 7.17. The molecule has 0 bridgehead atoms. The van der Waals surface area contributed by atoms with Gasteiger partial charge in [0.25, 0.3) is 0 Å². The second-order valence-electron chi connectivity index (χ2n) is 6.98. The van der Waals surface area contributed by atoms with Crippen LogP contribution in [0.25, 0.3) is 0 Å². The highest BCUT2D eigenvalue weighted by Crippen LogP contribution is 2.31. The van der Waals surface area contributed by atoms with Gasteiger partial charge in [-0.1, -0.05) is 33.1 Å². The SMILES string of the molecule is CC1(C)CCCNC1C(=O)NCC1(O)CCCCC1. The first-order valence-electron chi connectivity index (χ1n) is 7.67. The lowest BCUT2D eigenvalue weighted by Gasteiger charge is -2.39. The van der Waals surface area contributed by atoms with Crippen LogP contribution in [0.1, 0.15) is 58.8 Å². The smallest absolute Gasteiger partial charge is 0.237 e. The second kappa shape index (κ2) is 5.80. The van der Waals surface area contributed by atoms with Crippen molar-refractivity contribution in [2.24, 2.45) is 5.41 Å². The molecule has 3 N–H and O–H groups in total. The Hall–Kier alpha value is -0.610. The molecule has 1 aliphatic carbocycles. The van der Waals surface area contributed by atoms with Crippen LogP contribution in [0.4, 0.5) is 0 Å². The van der Waals surface area contributed by atoms with Gasteiger partial charge >= 0.3 is 0 Å². The Kier molecular flexibility index (Phi) is 4.51. The van der Waals surface area contributed by atoms with Crippen molar-refractivity contribution in [2.45, 2.75) is 70.4 Å². The molecule has 1 saturated heterocycles. The number of aliphatic hydroxyl groups is 1. The molecule has 4 heteroatoms. The van der Waals surface area contributed by atoms with Crippen molar-refractivity contribution in [3.63, 3.8) is 0 Å². The molecular formula is C15H28N2O2. The maximum absolute atomic E-state index is 12.3. The lowest BCUT2D eigenvalue weighted by atomic mass is 9.77. The fourth-order valence-corrected chi connectivity index (χ4v) is 3.40. The predicted octanol–water partition coefficient (Wildman–Crippen LogP) is 1.58. The van der Waals surface area contributed by atoms with Crippen LogP contribution in [0.15, 0.2) is 0 Å². The van der Waals surface area contributed by atoms with Crippen LogP contribution in [0.3, 0.4) is 0 Å².